The molecule has 0 aromatic rings. The van der Waals surface area contributed by atoms with Gasteiger partial charge in [0.25, 0.3) is 0 Å². The number of ether oxygens (including phenoxy) is 1. The van der Waals surface area contributed by atoms with Gasteiger partial charge in [0.05, 0.1) is 34.4 Å². The number of carbonyl (C=O) groups is 1. The van der Waals surface area contributed by atoms with Gasteiger partial charge in [-0.3, -0.25) is 13.8 Å². The quantitative estimate of drug-likeness (QED) is 0.0754. The summed E-state index contributed by atoms with van der Waals surface area (Å²) in [6.45, 7) is 1.97. The van der Waals surface area contributed by atoms with E-state index in [0.717, 1.165) is 19.3 Å². The summed E-state index contributed by atoms with van der Waals surface area (Å²) in [5.74, 6) is -0.430. The van der Waals surface area contributed by atoms with Crippen molar-refractivity contribution >= 4 is 13.8 Å². The molecule has 34 heavy (non-hydrogen) atoms. The molecule has 0 bridgehead atoms. The smallest absolute Gasteiger partial charge is 0.457 e. The number of likely N-dealkylation sites (N-methyl/N-ethyl adjacent to an activating group) is 1. The number of aliphatic hydroxyl groups excluding tert-OH is 1. The van der Waals surface area contributed by atoms with Crippen LogP contribution < -0.4 is 0 Å². The Morgan fingerprint density at radius 1 is 0.824 bits per heavy atom. The standard InChI is InChI=1S/C25H52NO7P/c1-5-6-7-8-9-10-11-12-13-14-15-16-17-18-19-25(28)33-24(22-27)23-32-34(29,30)31-21-20-26(2,3)4/h24,27H,5-23H2,1-4H3/p+1. The van der Waals surface area contributed by atoms with Crippen molar-refractivity contribution in [2.75, 3.05) is 47.5 Å². The first kappa shape index (κ1) is 33.5. The number of carbonyl (C=O) groups excluding carboxylic acids is 1. The zero-order valence-corrected chi connectivity index (χ0v) is 23.2. The molecule has 0 saturated carbocycles. The minimum atomic E-state index is -4.25. The maximum atomic E-state index is 12.0. The second kappa shape index (κ2) is 20.7. The van der Waals surface area contributed by atoms with Crippen molar-refractivity contribution < 1.29 is 37.6 Å². The Labute approximate surface area is 208 Å². The predicted molar refractivity (Wildman–Crippen MR) is 137 cm³/mol. The molecule has 0 saturated heterocycles. The van der Waals surface area contributed by atoms with E-state index >= 15 is 0 Å². The average Bonchev–Trinajstić information content (AvgIpc) is 2.75. The fourth-order valence-corrected chi connectivity index (χ4v) is 4.22. The second-order valence-corrected chi connectivity index (χ2v) is 11.7. The van der Waals surface area contributed by atoms with Crippen LogP contribution in [0.15, 0.2) is 0 Å². The molecule has 8 nitrogen and oxygen atoms in total. The van der Waals surface area contributed by atoms with Crippen LogP contribution in [0.5, 0.6) is 0 Å². The van der Waals surface area contributed by atoms with E-state index in [-0.39, 0.29) is 19.6 Å². The highest BCUT2D eigenvalue weighted by Gasteiger charge is 2.25. The predicted octanol–water partition coefficient (Wildman–Crippen LogP) is 5.60. The molecule has 0 aliphatic carbocycles. The first-order valence-electron chi connectivity index (χ1n) is 13.3. The number of phosphoric ester groups is 1. The van der Waals surface area contributed by atoms with Crippen LogP contribution in [0, 0.1) is 0 Å². The highest BCUT2D eigenvalue weighted by atomic mass is 31.2. The number of quaternary nitrogens is 1. The third-order valence-corrected chi connectivity index (χ3v) is 6.66. The fraction of sp³-hybridized carbons (Fsp3) is 0.960. The van der Waals surface area contributed by atoms with Crippen LogP contribution in [0.4, 0.5) is 0 Å². The van der Waals surface area contributed by atoms with Crippen LogP contribution in [0.1, 0.15) is 103 Å². The van der Waals surface area contributed by atoms with E-state index in [0.29, 0.717) is 11.0 Å². The molecule has 0 heterocycles. The van der Waals surface area contributed by atoms with Crippen molar-refractivity contribution in [3.05, 3.63) is 0 Å². The normalized spacial score (nSPS) is 14.6. The molecule has 0 aliphatic rings. The molecular formula is C25H53NO7P+. The minimum absolute atomic E-state index is 0.0555. The summed E-state index contributed by atoms with van der Waals surface area (Å²) < 4.78 is 27.4. The lowest BCUT2D eigenvalue weighted by Gasteiger charge is -2.24. The largest absolute Gasteiger partial charge is 0.472 e. The van der Waals surface area contributed by atoms with Crippen LogP contribution in [-0.2, 0) is 23.1 Å². The maximum absolute atomic E-state index is 12.0. The first-order chi connectivity index (χ1) is 16.1. The number of esters is 1. The van der Waals surface area contributed by atoms with Gasteiger partial charge in [-0.25, -0.2) is 4.57 Å². The van der Waals surface area contributed by atoms with E-state index in [1.807, 2.05) is 21.1 Å². The Balaban J connectivity index is 3.71. The van der Waals surface area contributed by atoms with Crippen LogP contribution >= 0.6 is 7.82 Å². The summed E-state index contributed by atoms with van der Waals surface area (Å²) in [5, 5.41) is 9.38. The Kier molecular flexibility index (Phi) is 20.4. The summed E-state index contributed by atoms with van der Waals surface area (Å²) in [5.41, 5.74) is 0. The number of hydrogen-bond acceptors (Lipinski definition) is 6. The van der Waals surface area contributed by atoms with Crippen molar-refractivity contribution in [2.24, 2.45) is 0 Å². The number of nitrogens with zero attached hydrogens (tertiary/aromatic N) is 1. The average molecular weight is 511 g/mol. The van der Waals surface area contributed by atoms with Crippen molar-refractivity contribution in [2.45, 2.75) is 109 Å². The van der Waals surface area contributed by atoms with Crippen LogP contribution in [0.3, 0.4) is 0 Å². The van der Waals surface area contributed by atoms with Gasteiger partial charge in [0.1, 0.15) is 19.3 Å². The van der Waals surface area contributed by atoms with Gasteiger partial charge in [0.2, 0.25) is 0 Å². The highest BCUT2D eigenvalue weighted by Crippen LogP contribution is 2.43. The monoisotopic (exact) mass is 510 g/mol. The van der Waals surface area contributed by atoms with Gasteiger partial charge in [-0.1, -0.05) is 90.4 Å². The van der Waals surface area contributed by atoms with Crippen molar-refractivity contribution in [1.82, 2.24) is 0 Å². The van der Waals surface area contributed by atoms with E-state index < -0.39 is 26.5 Å². The van der Waals surface area contributed by atoms with Gasteiger partial charge >= 0.3 is 13.8 Å². The molecule has 0 rings (SSSR count). The maximum Gasteiger partial charge on any atom is 0.472 e. The molecule has 0 fully saturated rings. The third-order valence-electron chi connectivity index (χ3n) is 5.68. The van der Waals surface area contributed by atoms with Crippen LogP contribution in [-0.4, -0.2) is 74.1 Å². The third kappa shape index (κ3) is 23.3. The zero-order valence-electron chi connectivity index (χ0n) is 22.3. The van der Waals surface area contributed by atoms with Gasteiger partial charge in [-0.05, 0) is 6.42 Å². The number of aliphatic hydroxyl groups is 1. The fourth-order valence-electron chi connectivity index (χ4n) is 3.48. The Morgan fingerprint density at radius 3 is 1.74 bits per heavy atom. The first-order valence-corrected chi connectivity index (χ1v) is 14.8. The minimum Gasteiger partial charge on any atom is -0.457 e. The molecule has 0 aromatic heterocycles. The van der Waals surface area contributed by atoms with Crippen LogP contribution in [0.25, 0.3) is 0 Å². The molecule has 0 aromatic carbocycles. The highest BCUT2D eigenvalue weighted by molar-refractivity contribution is 7.47. The summed E-state index contributed by atoms with van der Waals surface area (Å²) in [6, 6.07) is 0. The van der Waals surface area contributed by atoms with Crippen molar-refractivity contribution in [3.63, 3.8) is 0 Å². The molecule has 0 spiro atoms. The Hall–Kier alpha value is -0.500. The molecule has 2 N–H and O–H groups in total. The number of hydrogen-bond donors (Lipinski definition) is 2. The van der Waals surface area contributed by atoms with Crippen molar-refractivity contribution in [3.8, 4) is 0 Å². The molecule has 0 radical (unpaired) electrons. The lowest BCUT2D eigenvalue weighted by Crippen LogP contribution is -2.37. The van der Waals surface area contributed by atoms with Gasteiger partial charge < -0.3 is 19.2 Å². The molecule has 2 unspecified atom stereocenters. The summed E-state index contributed by atoms with van der Waals surface area (Å²) in [7, 11) is 1.56. The number of phosphoric acid groups is 1. The van der Waals surface area contributed by atoms with E-state index in [4.69, 9.17) is 13.8 Å². The van der Waals surface area contributed by atoms with Gasteiger partial charge in [-0.15, -0.1) is 0 Å². The van der Waals surface area contributed by atoms with E-state index in [1.54, 1.807) is 0 Å². The lowest BCUT2D eigenvalue weighted by molar-refractivity contribution is -0.870. The number of unbranched alkanes of at least 4 members (excludes halogenated alkanes) is 13. The summed E-state index contributed by atoms with van der Waals surface area (Å²) >= 11 is 0. The molecule has 0 aliphatic heterocycles. The second-order valence-electron chi connectivity index (χ2n) is 10.3. The Bertz CT molecular complexity index is 540. The molecule has 204 valence electrons. The summed E-state index contributed by atoms with van der Waals surface area (Å²) in [4.78, 5) is 21.7. The molecule has 9 heteroatoms. The molecular weight excluding hydrogens is 457 g/mol. The molecule has 2 atom stereocenters. The Morgan fingerprint density at radius 2 is 1.29 bits per heavy atom. The SMILES string of the molecule is CCCCCCCCCCCCCCCCC(=O)OC(CO)COP(=O)(O)OCC[N+](C)(C)C. The van der Waals surface area contributed by atoms with Gasteiger partial charge in [-0.2, -0.15) is 0 Å². The molecule has 0 amide bonds. The summed E-state index contributed by atoms with van der Waals surface area (Å²) in [6.07, 6.45) is 16.7. The topological polar surface area (TPSA) is 102 Å². The van der Waals surface area contributed by atoms with Crippen LogP contribution in [0.2, 0.25) is 0 Å². The lowest BCUT2D eigenvalue weighted by atomic mass is 10.0. The van der Waals surface area contributed by atoms with E-state index in [1.165, 1.54) is 70.6 Å². The number of rotatable bonds is 24. The zero-order chi connectivity index (χ0) is 25.7. The van der Waals surface area contributed by atoms with Crippen molar-refractivity contribution in [1.29, 1.82) is 0 Å². The van der Waals surface area contributed by atoms with Gasteiger partial charge in [0, 0.05) is 6.42 Å². The van der Waals surface area contributed by atoms with Gasteiger partial charge in [0.15, 0.2) is 0 Å². The van der Waals surface area contributed by atoms with E-state index in [2.05, 4.69) is 6.92 Å². The van der Waals surface area contributed by atoms with E-state index in [9.17, 15) is 19.4 Å².